The number of alkyl halides is 3. The van der Waals surface area contributed by atoms with E-state index in [1.54, 1.807) is 0 Å². The summed E-state index contributed by atoms with van der Waals surface area (Å²) in [5, 5.41) is 10.7. The van der Waals surface area contributed by atoms with Crippen molar-refractivity contribution >= 4 is 10.9 Å². The Balaban J connectivity index is 2.10. The van der Waals surface area contributed by atoms with Gasteiger partial charge >= 0.3 is 6.18 Å². The number of hydrogen-bond acceptors (Lipinski definition) is 2. The van der Waals surface area contributed by atoms with Gasteiger partial charge in [-0.2, -0.15) is 18.3 Å². The minimum Gasteiger partial charge on any atom is -0.316 e. The number of fused-ring (bicyclic) bond motifs is 1. The minimum atomic E-state index is -4.31. The second-order valence-electron chi connectivity index (χ2n) is 4.56. The van der Waals surface area contributed by atoms with Crippen molar-refractivity contribution < 1.29 is 13.2 Å². The first kappa shape index (κ1) is 11.5. The predicted octanol–water partition coefficient (Wildman–Crippen LogP) is 2.66. The Morgan fingerprint density at radius 1 is 1.28 bits per heavy atom. The Morgan fingerprint density at radius 2 is 2.11 bits per heavy atom. The topological polar surface area (TPSA) is 40.7 Å². The Labute approximate surface area is 101 Å². The number of aromatic nitrogens is 2. The summed E-state index contributed by atoms with van der Waals surface area (Å²) in [6, 6.07) is 3.67. The third kappa shape index (κ3) is 1.86. The molecule has 0 radical (unpaired) electrons. The third-order valence-electron chi connectivity index (χ3n) is 3.38. The normalized spacial score (nSPS) is 20.7. The third-order valence-corrected chi connectivity index (χ3v) is 3.38. The van der Waals surface area contributed by atoms with Gasteiger partial charge in [-0.25, -0.2) is 0 Å². The summed E-state index contributed by atoms with van der Waals surface area (Å²) in [5.41, 5.74) is 0.773. The maximum Gasteiger partial charge on any atom is 0.416 e. The first-order chi connectivity index (χ1) is 8.55. The van der Waals surface area contributed by atoms with Crippen molar-refractivity contribution in [2.24, 2.45) is 0 Å². The Kier molecular flexibility index (Phi) is 2.55. The molecule has 1 fully saturated rings. The summed E-state index contributed by atoms with van der Waals surface area (Å²) >= 11 is 0. The van der Waals surface area contributed by atoms with Gasteiger partial charge in [-0.15, -0.1) is 0 Å². The van der Waals surface area contributed by atoms with Crippen LogP contribution < -0.4 is 5.32 Å². The molecule has 2 N–H and O–H groups in total. The van der Waals surface area contributed by atoms with Gasteiger partial charge in [-0.3, -0.25) is 5.10 Å². The molecule has 1 aliphatic rings. The van der Waals surface area contributed by atoms with Crippen LogP contribution in [0.4, 0.5) is 13.2 Å². The molecular formula is C12H12F3N3. The van der Waals surface area contributed by atoms with Crippen LogP contribution in [0.15, 0.2) is 18.2 Å². The quantitative estimate of drug-likeness (QED) is 0.822. The molecule has 1 unspecified atom stereocenters. The zero-order chi connectivity index (χ0) is 12.8. The van der Waals surface area contributed by atoms with Crippen molar-refractivity contribution in [2.45, 2.75) is 18.5 Å². The van der Waals surface area contributed by atoms with Crippen LogP contribution in [0.3, 0.4) is 0 Å². The van der Waals surface area contributed by atoms with E-state index in [1.165, 1.54) is 12.1 Å². The molecule has 1 aromatic carbocycles. The fraction of sp³-hybridized carbons (Fsp3) is 0.417. The van der Waals surface area contributed by atoms with Crippen molar-refractivity contribution in [2.75, 3.05) is 13.1 Å². The molecule has 3 nitrogen and oxygen atoms in total. The molecule has 96 valence electrons. The molecule has 2 heterocycles. The van der Waals surface area contributed by atoms with Gasteiger partial charge in [-0.05, 0) is 31.2 Å². The van der Waals surface area contributed by atoms with Crippen LogP contribution in [-0.4, -0.2) is 23.3 Å². The predicted molar refractivity (Wildman–Crippen MR) is 61.3 cm³/mol. The van der Waals surface area contributed by atoms with Gasteiger partial charge in [0.25, 0.3) is 0 Å². The van der Waals surface area contributed by atoms with Crippen LogP contribution in [0.1, 0.15) is 23.6 Å². The van der Waals surface area contributed by atoms with Crippen LogP contribution in [0.2, 0.25) is 0 Å². The number of nitrogens with zero attached hydrogens (tertiary/aromatic N) is 1. The van der Waals surface area contributed by atoms with Gasteiger partial charge in [0.05, 0.1) is 11.1 Å². The molecule has 0 aliphatic carbocycles. The van der Waals surface area contributed by atoms with Crippen LogP contribution in [0.25, 0.3) is 10.9 Å². The highest BCUT2D eigenvalue weighted by Gasteiger charge is 2.31. The summed E-state index contributed by atoms with van der Waals surface area (Å²) in [6.45, 7) is 1.68. The molecule has 0 amide bonds. The first-order valence-electron chi connectivity index (χ1n) is 5.81. The highest BCUT2D eigenvalue weighted by Crippen LogP contribution is 2.34. The lowest BCUT2D eigenvalue weighted by Crippen LogP contribution is -2.08. The van der Waals surface area contributed by atoms with Crippen molar-refractivity contribution in [3.8, 4) is 0 Å². The summed E-state index contributed by atoms with van der Waals surface area (Å²) in [6.07, 6.45) is -3.38. The van der Waals surface area contributed by atoms with Gasteiger partial charge in [0.15, 0.2) is 0 Å². The lowest BCUT2D eigenvalue weighted by Gasteiger charge is -2.08. The Hall–Kier alpha value is -1.56. The van der Waals surface area contributed by atoms with E-state index >= 15 is 0 Å². The monoisotopic (exact) mass is 255 g/mol. The number of aromatic amines is 1. The van der Waals surface area contributed by atoms with Gasteiger partial charge in [0.1, 0.15) is 0 Å². The molecule has 2 aromatic rings. The summed E-state index contributed by atoms with van der Waals surface area (Å²) < 4.78 is 38.1. The van der Waals surface area contributed by atoms with Gasteiger partial charge in [-0.1, -0.05) is 0 Å². The molecule has 1 aromatic heterocycles. The van der Waals surface area contributed by atoms with E-state index in [0.29, 0.717) is 10.9 Å². The fourth-order valence-electron chi connectivity index (χ4n) is 2.42. The molecule has 1 atom stereocenters. The average molecular weight is 255 g/mol. The Morgan fingerprint density at radius 3 is 2.78 bits per heavy atom. The van der Waals surface area contributed by atoms with E-state index in [0.717, 1.165) is 31.3 Å². The zero-order valence-electron chi connectivity index (χ0n) is 9.51. The second kappa shape index (κ2) is 3.98. The van der Waals surface area contributed by atoms with E-state index in [2.05, 4.69) is 15.5 Å². The van der Waals surface area contributed by atoms with Gasteiger partial charge in [0.2, 0.25) is 0 Å². The van der Waals surface area contributed by atoms with Gasteiger partial charge in [0, 0.05) is 23.5 Å². The van der Waals surface area contributed by atoms with E-state index in [9.17, 15) is 13.2 Å². The fourth-order valence-corrected chi connectivity index (χ4v) is 2.42. The number of rotatable bonds is 1. The van der Waals surface area contributed by atoms with Crippen molar-refractivity contribution in [3.05, 3.63) is 29.5 Å². The largest absolute Gasteiger partial charge is 0.416 e. The highest BCUT2D eigenvalue weighted by molar-refractivity contribution is 5.82. The summed E-state index contributed by atoms with van der Waals surface area (Å²) in [4.78, 5) is 0. The molecule has 0 bridgehead atoms. The molecule has 1 saturated heterocycles. The van der Waals surface area contributed by atoms with Crippen LogP contribution in [0, 0.1) is 0 Å². The molecule has 18 heavy (non-hydrogen) atoms. The number of halogens is 3. The van der Waals surface area contributed by atoms with Crippen molar-refractivity contribution in [3.63, 3.8) is 0 Å². The van der Waals surface area contributed by atoms with E-state index in [4.69, 9.17) is 0 Å². The van der Waals surface area contributed by atoms with Crippen molar-refractivity contribution in [1.29, 1.82) is 0 Å². The number of benzene rings is 1. The molecule has 1 aliphatic heterocycles. The van der Waals surface area contributed by atoms with Gasteiger partial charge < -0.3 is 5.32 Å². The SMILES string of the molecule is FC(F)(F)c1ccc2n[nH]c(C3CCNC3)c2c1. The summed E-state index contributed by atoms with van der Waals surface area (Å²) in [5.74, 6) is 0.221. The first-order valence-corrected chi connectivity index (χ1v) is 5.81. The number of H-pyrrole nitrogens is 1. The van der Waals surface area contributed by atoms with Crippen LogP contribution in [-0.2, 0) is 6.18 Å². The summed E-state index contributed by atoms with van der Waals surface area (Å²) in [7, 11) is 0. The number of nitrogens with one attached hydrogen (secondary N) is 2. The van der Waals surface area contributed by atoms with E-state index in [1.807, 2.05) is 0 Å². The zero-order valence-corrected chi connectivity index (χ0v) is 9.51. The van der Waals surface area contributed by atoms with Crippen molar-refractivity contribution in [1.82, 2.24) is 15.5 Å². The van der Waals surface area contributed by atoms with E-state index in [-0.39, 0.29) is 5.92 Å². The smallest absolute Gasteiger partial charge is 0.316 e. The van der Waals surface area contributed by atoms with Crippen LogP contribution >= 0.6 is 0 Å². The second-order valence-corrected chi connectivity index (χ2v) is 4.56. The maximum atomic E-state index is 12.7. The Bertz CT molecular complexity index is 567. The average Bonchev–Trinajstić information content (AvgIpc) is 2.95. The lowest BCUT2D eigenvalue weighted by atomic mass is 10.00. The maximum absolute atomic E-state index is 12.7. The number of hydrogen-bond donors (Lipinski definition) is 2. The standard InChI is InChI=1S/C12H12F3N3/c13-12(14,15)8-1-2-10-9(5-8)11(18-17-10)7-3-4-16-6-7/h1-2,5,7,16H,3-4,6H2,(H,17,18). The molecule has 0 spiro atoms. The molecule has 0 saturated carbocycles. The highest BCUT2D eigenvalue weighted by atomic mass is 19.4. The molecular weight excluding hydrogens is 243 g/mol. The molecule has 6 heteroatoms. The van der Waals surface area contributed by atoms with E-state index < -0.39 is 11.7 Å². The minimum absolute atomic E-state index is 0.221. The molecule has 3 rings (SSSR count). The lowest BCUT2D eigenvalue weighted by molar-refractivity contribution is -0.137. The van der Waals surface area contributed by atoms with Crippen LogP contribution in [0.5, 0.6) is 0 Å².